The lowest BCUT2D eigenvalue weighted by molar-refractivity contribution is 0.102. The monoisotopic (exact) mass is 277 g/mol. The third-order valence-electron chi connectivity index (χ3n) is 2.56. The third-order valence-corrected chi connectivity index (χ3v) is 2.86. The molecule has 2 aromatic carbocycles. The number of rotatable bonds is 3. The molecule has 0 aliphatic rings. The van der Waals surface area contributed by atoms with E-state index in [2.05, 4.69) is 5.32 Å². The number of phenolic OH excluding ortho intramolecular Hbond substituents is 1. The zero-order valence-electron chi connectivity index (χ0n) is 10.2. The van der Waals surface area contributed by atoms with Crippen LogP contribution in [0.2, 0.25) is 5.02 Å². The van der Waals surface area contributed by atoms with Crippen molar-refractivity contribution in [3.8, 4) is 11.5 Å². The number of carbonyl (C=O) groups excluding carboxylic acids is 1. The van der Waals surface area contributed by atoms with Gasteiger partial charge in [-0.3, -0.25) is 4.79 Å². The fourth-order valence-electron chi connectivity index (χ4n) is 1.53. The Morgan fingerprint density at radius 1 is 1.21 bits per heavy atom. The lowest BCUT2D eigenvalue weighted by Crippen LogP contribution is -2.11. The highest BCUT2D eigenvalue weighted by molar-refractivity contribution is 6.32. The van der Waals surface area contributed by atoms with Crippen LogP contribution in [0, 0.1) is 0 Å². The number of ether oxygens (including phenoxy) is 1. The minimum absolute atomic E-state index is 0.0531. The number of benzene rings is 2. The molecule has 19 heavy (non-hydrogen) atoms. The normalized spacial score (nSPS) is 10.0. The van der Waals surface area contributed by atoms with E-state index in [-0.39, 0.29) is 16.7 Å². The number of phenols is 1. The van der Waals surface area contributed by atoms with Crippen LogP contribution in [-0.4, -0.2) is 18.1 Å². The molecule has 0 radical (unpaired) electrons. The summed E-state index contributed by atoms with van der Waals surface area (Å²) in [6.45, 7) is 0. The largest absolute Gasteiger partial charge is 0.506 e. The number of hydrogen-bond donors (Lipinski definition) is 2. The molecule has 0 aliphatic heterocycles. The molecule has 0 spiro atoms. The topological polar surface area (TPSA) is 58.6 Å². The van der Waals surface area contributed by atoms with Gasteiger partial charge in [-0.05, 0) is 42.5 Å². The van der Waals surface area contributed by atoms with Crippen molar-refractivity contribution >= 4 is 23.2 Å². The van der Waals surface area contributed by atoms with Gasteiger partial charge < -0.3 is 15.2 Å². The maximum Gasteiger partial charge on any atom is 0.255 e. The minimum atomic E-state index is -0.299. The molecule has 2 rings (SSSR count). The number of anilines is 1. The quantitative estimate of drug-likeness (QED) is 0.905. The van der Waals surface area contributed by atoms with Crippen LogP contribution in [-0.2, 0) is 0 Å². The van der Waals surface area contributed by atoms with Gasteiger partial charge in [-0.25, -0.2) is 0 Å². The minimum Gasteiger partial charge on any atom is -0.506 e. The predicted octanol–water partition coefficient (Wildman–Crippen LogP) is 3.31. The number of halogens is 1. The first-order valence-corrected chi connectivity index (χ1v) is 5.92. The van der Waals surface area contributed by atoms with Crippen molar-refractivity contribution in [3.63, 3.8) is 0 Å². The number of aromatic hydroxyl groups is 1. The van der Waals surface area contributed by atoms with E-state index in [1.165, 1.54) is 18.2 Å². The lowest BCUT2D eigenvalue weighted by Gasteiger charge is -2.07. The Kier molecular flexibility index (Phi) is 3.92. The van der Waals surface area contributed by atoms with Crippen LogP contribution in [0.1, 0.15) is 10.4 Å². The average molecular weight is 278 g/mol. The smallest absolute Gasteiger partial charge is 0.255 e. The van der Waals surface area contributed by atoms with Crippen LogP contribution in [0.4, 0.5) is 5.69 Å². The molecule has 0 aromatic heterocycles. The van der Waals surface area contributed by atoms with Gasteiger partial charge in [-0.1, -0.05) is 11.6 Å². The summed E-state index contributed by atoms with van der Waals surface area (Å²) in [5.74, 6) is 0.361. The summed E-state index contributed by atoms with van der Waals surface area (Å²) >= 11 is 5.75. The van der Waals surface area contributed by atoms with Crippen molar-refractivity contribution in [3.05, 3.63) is 53.1 Å². The summed E-state index contributed by atoms with van der Waals surface area (Å²) in [7, 11) is 1.58. The van der Waals surface area contributed by atoms with Gasteiger partial charge in [0.15, 0.2) is 0 Å². The van der Waals surface area contributed by atoms with Crippen molar-refractivity contribution in [2.24, 2.45) is 0 Å². The summed E-state index contributed by atoms with van der Waals surface area (Å²) in [5.41, 5.74) is 1.02. The van der Waals surface area contributed by atoms with Gasteiger partial charge in [0.25, 0.3) is 5.91 Å². The molecule has 5 heteroatoms. The van der Waals surface area contributed by atoms with E-state index in [0.29, 0.717) is 17.0 Å². The Morgan fingerprint density at radius 3 is 2.47 bits per heavy atom. The van der Waals surface area contributed by atoms with Gasteiger partial charge in [0.05, 0.1) is 12.1 Å². The first kappa shape index (κ1) is 13.2. The highest BCUT2D eigenvalue weighted by atomic mass is 35.5. The Hall–Kier alpha value is -2.20. The molecule has 0 unspecified atom stereocenters. The standard InChI is InChI=1S/C14H12ClNO3/c1-19-11-5-3-10(4-6-11)16-14(18)9-2-7-13(17)12(15)8-9/h2-8,17H,1H3,(H,16,18). The molecule has 4 nitrogen and oxygen atoms in total. The van der Waals surface area contributed by atoms with Crippen LogP contribution in [0.5, 0.6) is 11.5 Å². The summed E-state index contributed by atoms with van der Waals surface area (Å²) in [4.78, 5) is 11.9. The van der Waals surface area contributed by atoms with Crippen LogP contribution in [0.25, 0.3) is 0 Å². The second-order valence-corrected chi connectivity index (χ2v) is 4.26. The molecule has 0 aliphatic carbocycles. The van der Waals surface area contributed by atoms with E-state index >= 15 is 0 Å². The zero-order chi connectivity index (χ0) is 13.8. The zero-order valence-corrected chi connectivity index (χ0v) is 10.9. The maximum absolute atomic E-state index is 11.9. The SMILES string of the molecule is COc1ccc(NC(=O)c2ccc(O)c(Cl)c2)cc1. The third kappa shape index (κ3) is 3.17. The molecule has 0 atom stereocenters. The van der Waals surface area contributed by atoms with Crippen molar-refractivity contribution < 1.29 is 14.6 Å². The second-order valence-electron chi connectivity index (χ2n) is 3.85. The van der Waals surface area contributed by atoms with Gasteiger partial charge in [0.1, 0.15) is 11.5 Å². The summed E-state index contributed by atoms with van der Waals surface area (Å²) in [6.07, 6.45) is 0. The average Bonchev–Trinajstić information content (AvgIpc) is 2.42. The molecular formula is C14H12ClNO3. The van der Waals surface area contributed by atoms with Gasteiger partial charge in [-0.2, -0.15) is 0 Å². The van der Waals surface area contributed by atoms with Crippen molar-refractivity contribution in [1.82, 2.24) is 0 Å². The molecule has 0 bridgehead atoms. The fraction of sp³-hybridized carbons (Fsp3) is 0.0714. The number of hydrogen-bond acceptors (Lipinski definition) is 3. The Balaban J connectivity index is 2.13. The first-order chi connectivity index (χ1) is 9.10. The summed E-state index contributed by atoms with van der Waals surface area (Å²) in [6, 6.07) is 11.3. The van der Waals surface area contributed by atoms with Crippen molar-refractivity contribution in [2.75, 3.05) is 12.4 Å². The van der Waals surface area contributed by atoms with E-state index in [0.717, 1.165) is 0 Å². The Labute approximate surface area is 115 Å². The molecule has 2 N–H and O–H groups in total. The van der Waals surface area contributed by atoms with E-state index in [4.69, 9.17) is 16.3 Å². The van der Waals surface area contributed by atoms with Crippen LogP contribution >= 0.6 is 11.6 Å². The fourth-order valence-corrected chi connectivity index (χ4v) is 1.71. The van der Waals surface area contributed by atoms with Crippen LogP contribution < -0.4 is 10.1 Å². The predicted molar refractivity (Wildman–Crippen MR) is 74.1 cm³/mol. The molecule has 98 valence electrons. The van der Waals surface area contributed by atoms with Crippen LogP contribution in [0.15, 0.2) is 42.5 Å². The van der Waals surface area contributed by atoms with Gasteiger partial charge in [0, 0.05) is 11.3 Å². The molecule has 0 saturated heterocycles. The van der Waals surface area contributed by atoms with Crippen molar-refractivity contribution in [1.29, 1.82) is 0 Å². The Morgan fingerprint density at radius 2 is 1.89 bits per heavy atom. The van der Waals surface area contributed by atoms with E-state index in [1.54, 1.807) is 31.4 Å². The molecule has 0 heterocycles. The highest BCUT2D eigenvalue weighted by Crippen LogP contribution is 2.24. The number of methoxy groups -OCH3 is 1. The molecule has 1 amide bonds. The number of nitrogens with one attached hydrogen (secondary N) is 1. The number of amides is 1. The second kappa shape index (κ2) is 5.63. The summed E-state index contributed by atoms with van der Waals surface area (Å²) in [5, 5.41) is 12.2. The Bertz CT molecular complexity index is 596. The first-order valence-electron chi connectivity index (χ1n) is 5.54. The van der Waals surface area contributed by atoms with Crippen LogP contribution in [0.3, 0.4) is 0 Å². The van der Waals surface area contributed by atoms with Gasteiger partial charge in [-0.15, -0.1) is 0 Å². The molecular weight excluding hydrogens is 266 g/mol. The molecule has 0 saturated carbocycles. The highest BCUT2D eigenvalue weighted by Gasteiger charge is 2.08. The van der Waals surface area contributed by atoms with Gasteiger partial charge >= 0.3 is 0 Å². The van der Waals surface area contributed by atoms with E-state index < -0.39 is 0 Å². The van der Waals surface area contributed by atoms with E-state index in [9.17, 15) is 9.90 Å². The van der Waals surface area contributed by atoms with Gasteiger partial charge in [0.2, 0.25) is 0 Å². The summed E-state index contributed by atoms with van der Waals surface area (Å²) < 4.78 is 5.03. The molecule has 2 aromatic rings. The van der Waals surface area contributed by atoms with Crippen molar-refractivity contribution in [2.45, 2.75) is 0 Å². The number of carbonyl (C=O) groups is 1. The maximum atomic E-state index is 11.9. The molecule has 0 fully saturated rings. The lowest BCUT2D eigenvalue weighted by atomic mass is 10.2. The van der Waals surface area contributed by atoms with E-state index in [1.807, 2.05) is 0 Å².